The Bertz CT molecular complexity index is 892. The van der Waals surface area contributed by atoms with Gasteiger partial charge in [0.05, 0.1) is 7.11 Å². The summed E-state index contributed by atoms with van der Waals surface area (Å²) in [6, 6.07) is 15.1. The zero-order chi connectivity index (χ0) is 21.3. The van der Waals surface area contributed by atoms with Gasteiger partial charge in [0, 0.05) is 44.5 Å². The van der Waals surface area contributed by atoms with Crippen molar-refractivity contribution in [3.8, 4) is 5.75 Å². The molecule has 0 atom stereocenters. The maximum atomic E-state index is 12.4. The van der Waals surface area contributed by atoms with Crippen molar-refractivity contribution in [2.75, 3.05) is 20.2 Å². The number of nitrogens with one attached hydrogen (secondary N) is 1. The summed E-state index contributed by atoms with van der Waals surface area (Å²) in [4.78, 5) is 38.5. The number of carbonyl (C=O) groups is 3. The molecule has 0 saturated heterocycles. The van der Waals surface area contributed by atoms with Crippen LogP contribution in [-0.2, 0) is 22.6 Å². The molecular formula is C24H28N2O4. The molecule has 2 amide bonds. The lowest BCUT2D eigenvalue weighted by molar-refractivity contribution is -0.132. The molecule has 0 spiro atoms. The number of ether oxygens (including phenoxy) is 1. The maximum Gasteiger partial charge on any atom is 0.222 e. The molecular weight excluding hydrogens is 380 g/mol. The monoisotopic (exact) mass is 408 g/mol. The second kappa shape index (κ2) is 10.6. The fourth-order valence-electron chi connectivity index (χ4n) is 3.57. The van der Waals surface area contributed by atoms with Gasteiger partial charge in [0.2, 0.25) is 11.8 Å². The fraction of sp³-hybridized carbons (Fsp3) is 0.375. The van der Waals surface area contributed by atoms with E-state index >= 15 is 0 Å². The van der Waals surface area contributed by atoms with Gasteiger partial charge in [0.25, 0.3) is 0 Å². The first-order valence-corrected chi connectivity index (χ1v) is 10.4. The number of hydrogen-bond acceptors (Lipinski definition) is 4. The van der Waals surface area contributed by atoms with E-state index < -0.39 is 0 Å². The van der Waals surface area contributed by atoms with E-state index in [1.54, 1.807) is 31.4 Å². The molecule has 0 saturated carbocycles. The van der Waals surface area contributed by atoms with Crippen LogP contribution in [0.4, 0.5) is 0 Å². The second-order valence-electron chi connectivity index (χ2n) is 7.44. The van der Waals surface area contributed by atoms with Crippen LogP contribution < -0.4 is 10.1 Å². The molecule has 6 heteroatoms. The molecule has 6 nitrogen and oxygen atoms in total. The zero-order valence-corrected chi connectivity index (χ0v) is 17.4. The first kappa shape index (κ1) is 21.6. The predicted octanol–water partition coefficient (Wildman–Crippen LogP) is 3.14. The highest BCUT2D eigenvalue weighted by atomic mass is 16.5. The molecule has 0 radical (unpaired) electrons. The topological polar surface area (TPSA) is 75.7 Å². The summed E-state index contributed by atoms with van der Waals surface area (Å²) in [7, 11) is 1.57. The molecule has 158 valence electrons. The van der Waals surface area contributed by atoms with Gasteiger partial charge in [-0.25, -0.2) is 0 Å². The molecule has 2 aromatic rings. The molecule has 1 heterocycles. The average Bonchev–Trinajstić information content (AvgIpc) is 2.79. The van der Waals surface area contributed by atoms with E-state index in [1.165, 1.54) is 11.1 Å². The number of methoxy groups -OCH3 is 1. The number of carbonyl (C=O) groups excluding carboxylic acids is 3. The Kier molecular flexibility index (Phi) is 7.60. The lowest BCUT2D eigenvalue weighted by Gasteiger charge is -2.29. The van der Waals surface area contributed by atoms with Gasteiger partial charge in [-0.3, -0.25) is 14.4 Å². The number of ketones is 1. The van der Waals surface area contributed by atoms with E-state index in [9.17, 15) is 14.4 Å². The first-order valence-electron chi connectivity index (χ1n) is 10.4. The standard InChI is InChI=1S/C24H28N2O4/c1-30-21-10-8-19(9-11-21)22(27)12-13-23(28)25-15-4-7-24(29)26-16-14-18-5-2-3-6-20(18)17-26/h2-3,5-6,8-11H,4,7,12-17H2,1H3,(H,25,28). The quantitative estimate of drug-likeness (QED) is 0.511. The van der Waals surface area contributed by atoms with Crippen molar-refractivity contribution in [1.82, 2.24) is 10.2 Å². The summed E-state index contributed by atoms with van der Waals surface area (Å²) < 4.78 is 5.07. The third-order valence-corrected chi connectivity index (χ3v) is 5.36. The van der Waals surface area contributed by atoms with E-state index in [-0.39, 0.29) is 30.4 Å². The zero-order valence-electron chi connectivity index (χ0n) is 17.4. The van der Waals surface area contributed by atoms with Crippen molar-refractivity contribution in [1.29, 1.82) is 0 Å². The number of rotatable bonds is 9. The Morgan fingerprint density at radius 2 is 1.70 bits per heavy atom. The van der Waals surface area contributed by atoms with Crippen molar-refractivity contribution in [3.63, 3.8) is 0 Å². The Morgan fingerprint density at radius 1 is 0.967 bits per heavy atom. The first-order chi connectivity index (χ1) is 14.6. The molecule has 1 aliphatic rings. The molecule has 0 bridgehead atoms. The van der Waals surface area contributed by atoms with Crippen LogP contribution in [0.2, 0.25) is 0 Å². The average molecular weight is 408 g/mol. The highest BCUT2D eigenvalue weighted by Crippen LogP contribution is 2.19. The number of hydrogen-bond donors (Lipinski definition) is 1. The molecule has 2 aromatic carbocycles. The van der Waals surface area contributed by atoms with Gasteiger partial charge < -0.3 is 15.0 Å². The molecule has 30 heavy (non-hydrogen) atoms. The summed E-state index contributed by atoms with van der Waals surface area (Å²) in [6.45, 7) is 1.84. The van der Waals surface area contributed by atoms with Crippen LogP contribution in [0.15, 0.2) is 48.5 Å². The third kappa shape index (κ3) is 5.92. The van der Waals surface area contributed by atoms with Crippen LogP contribution in [0.25, 0.3) is 0 Å². The number of nitrogens with zero attached hydrogens (tertiary/aromatic N) is 1. The Hall–Kier alpha value is -3.15. The Balaban J connectivity index is 1.32. The molecule has 0 unspecified atom stereocenters. The summed E-state index contributed by atoms with van der Waals surface area (Å²) in [5.74, 6) is 0.561. The van der Waals surface area contributed by atoms with Crippen LogP contribution in [0.3, 0.4) is 0 Å². The minimum absolute atomic E-state index is 0.0756. The van der Waals surface area contributed by atoms with Gasteiger partial charge in [0.15, 0.2) is 5.78 Å². The van der Waals surface area contributed by atoms with Crippen molar-refractivity contribution in [2.45, 2.75) is 38.6 Å². The van der Waals surface area contributed by atoms with E-state index in [0.717, 1.165) is 13.0 Å². The molecule has 0 aliphatic carbocycles. The highest BCUT2D eigenvalue weighted by molar-refractivity contribution is 5.98. The van der Waals surface area contributed by atoms with E-state index in [0.29, 0.717) is 37.2 Å². The van der Waals surface area contributed by atoms with Crippen molar-refractivity contribution in [2.24, 2.45) is 0 Å². The lowest BCUT2D eigenvalue weighted by atomic mass is 9.99. The van der Waals surface area contributed by atoms with Crippen LogP contribution in [0, 0.1) is 0 Å². The number of benzene rings is 2. The summed E-state index contributed by atoms with van der Waals surface area (Å²) in [5, 5.41) is 2.80. The molecule has 0 aromatic heterocycles. The number of Topliss-reactive ketones (excluding diaryl/α,β-unsaturated/α-hetero) is 1. The van der Waals surface area contributed by atoms with E-state index in [2.05, 4.69) is 17.4 Å². The molecule has 3 rings (SSSR count). The number of amides is 2. The summed E-state index contributed by atoms with van der Waals surface area (Å²) in [6.07, 6.45) is 2.19. The van der Waals surface area contributed by atoms with Gasteiger partial charge in [-0.15, -0.1) is 0 Å². The molecule has 1 N–H and O–H groups in total. The number of fused-ring (bicyclic) bond motifs is 1. The largest absolute Gasteiger partial charge is 0.497 e. The van der Waals surface area contributed by atoms with Crippen molar-refractivity contribution >= 4 is 17.6 Å². The van der Waals surface area contributed by atoms with E-state index in [4.69, 9.17) is 4.74 Å². The van der Waals surface area contributed by atoms with Crippen molar-refractivity contribution < 1.29 is 19.1 Å². The third-order valence-electron chi connectivity index (χ3n) is 5.36. The van der Waals surface area contributed by atoms with Crippen molar-refractivity contribution in [3.05, 3.63) is 65.2 Å². The second-order valence-corrected chi connectivity index (χ2v) is 7.44. The van der Waals surface area contributed by atoms with Crippen LogP contribution in [-0.4, -0.2) is 42.7 Å². The van der Waals surface area contributed by atoms with Crippen LogP contribution >= 0.6 is 0 Å². The molecule has 0 fully saturated rings. The summed E-state index contributed by atoms with van der Waals surface area (Å²) >= 11 is 0. The Labute approximate surface area is 177 Å². The van der Waals surface area contributed by atoms with Gasteiger partial charge in [0.1, 0.15) is 5.75 Å². The SMILES string of the molecule is COc1ccc(C(=O)CCC(=O)NCCCC(=O)N2CCc3ccccc3C2)cc1. The predicted molar refractivity (Wildman–Crippen MR) is 114 cm³/mol. The molecule has 1 aliphatic heterocycles. The smallest absolute Gasteiger partial charge is 0.222 e. The Morgan fingerprint density at radius 3 is 2.43 bits per heavy atom. The fourth-order valence-corrected chi connectivity index (χ4v) is 3.57. The highest BCUT2D eigenvalue weighted by Gasteiger charge is 2.19. The normalized spacial score (nSPS) is 12.8. The minimum Gasteiger partial charge on any atom is -0.497 e. The minimum atomic E-state index is -0.170. The van der Waals surface area contributed by atoms with Gasteiger partial charge in [-0.2, -0.15) is 0 Å². The van der Waals surface area contributed by atoms with Gasteiger partial charge in [-0.05, 0) is 48.2 Å². The van der Waals surface area contributed by atoms with Gasteiger partial charge >= 0.3 is 0 Å². The van der Waals surface area contributed by atoms with E-state index in [1.807, 2.05) is 17.0 Å². The maximum absolute atomic E-state index is 12.4. The summed E-state index contributed by atoms with van der Waals surface area (Å²) in [5.41, 5.74) is 3.10. The van der Waals surface area contributed by atoms with Crippen LogP contribution in [0.1, 0.15) is 47.2 Å². The van der Waals surface area contributed by atoms with Gasteiger partial charge in [-0.1, -0.05) is 24.3 Å². The van der Waals surface area contributed by atoms with Crippen LogP contribution in [0.5, 0.6) is 5.75 Å². The lowest BCUT2D eigenvalue weighted by Crippen LogP contribution is -2.36.